The van der Waals surface area contributed by atoms with Gasteiger partial charge in [-0.3, -0.25) is 14.4 Å². The number of rotatable bonds is 5. The Bertz CT molecular complexity index is 466. The fourth-order valence-electron chi connectivity index (χ4n) is 2.87. The van der Waals surface area contributed by atoms with E-state index in [1.165, 1.54) is 12.0 Å². The maximum absolute atomic E-state index is 11.8. The van der Waals surface area contributed by atoms with Crippen LogP contribution in [0.3, 0.4) is 0 Å². The van der Waals surface area contributed by atoms with Gasteiger partial charge in [0.15, 0.2) is 0 Å². The van der Waals surface area contributed by atoms with Crippen molar-refractivity contribution in [2.45, 2.75) is 45.2 Å². The molecular formula is C15H24N4O. The summed E-state index contributed by atoms with van der Waals surface area (Å²) in [5.74, 6) is 0.594. The predicted molar refractivity (Wildman–Crippen MR) is 77.3 cm³/mol. The van der Waals surface area contributed by atoms with E-state index in [0.717, 1.165) is 45.4 Å². The summed E-state index contributed by atoms with van der Waals surface area (Å²) in [6, 6.07) is 0.344. The summed E-state index contributed by atoms with van der Waals surface area (Å²) < 4.78 is 2.00. The second-order valence-electron chi connectivity index (χ2n) is 6.20. The third-order valence-corrected chi connectivity index (χ3v) is 4.21. The highest BCUT2D eigenvalue weighted by atomic mass is 16.2. The zero-order chi connectivity index (χ0) is 13.9. The molecule has 0 spiro atoms. The summed E-state index contributed by atoms with van der Waals surface area (Å²) in [4.78, 5) is 14.3. The number of piperidine rings is 1. The van der Waals surface area contributed by atoms with Crippen LogP contribution in [0.25, 0.3) is 0 Å². The van der Waals surface area contributed by atoms with Crippen LogP contribution in [0.2, 0.25) is 0 Å². The van der Waals surface area contributed by atoms with Crippen LogP contribution in [-0.4, -0.2) is 46.3 Å². The largest absolute Gasteiger partial charge is 0.352 e. The molecule has 20 heavy (non-hydrogen) atoms. The number of aromatic nitrogens is 2. The number of nitrogens with one attached hydrogen (secondary N) is 1. The first-order chi connectivity index (χ1) is 9.70. The molecule has 0 bridgehead atoms. The number of carbonyl (C=O) groups is 1. The van der Waals surface area contributed by atoms with E-state index in [-0.39, 0.29) is 5.91 Å². The maximum atomic E-state index is 11.8. The number of hydrogen-bond acceptors (Lipinski definition) is 3. The van der Waals surface area contributed by atoms with E-state index in [1.54, 1.807) is 0 Å². The molecule has 1 aliphatic heterocycles. The lowest BCUT2D eigenvalue weighted by Crippen LogP contribution is -2.48. The number of carbonyl (C=O) groups excluding carboxylic acids is 1. The van der Waals surface area contributed by atoms with Gasteiger partial charge in [-0.2, -0.15) is 5.10 Å². The minimum atomic E-state index is 0.277. The fourth-order valence-corrected chi connectivity index (χ4v) is 2.87. The molecule has 1 atom stereocenters. The number of nitrogens with zero attached hydrogens (tertiary/aromatic N) is 3. The summed E-state index contributed by atoms with van der Waals surface area (Å²) in [5, 5.41) is 7.53. The van der Waals surface area contributed by atoms with Gasteiger partial charge in [0.2, 0.25) is 5.91 Å². The quantitative estimate of drug-likeness (QED) is 0.878. The molecule has 0 aromatic carbocycles. The molecule has 1 aromatic rings. The van der Waals surface area contributed by atoms with Crippen molar-refractivity contribution in [1.29, 1.82) is 0 Å². The molecule has 1 saturated heterocycles. The molecule has 5 heteroatoms. The first kappa shape index (κ1) is 13.6. The Hall–Kier alpha value is -1.36. The lowest BCUT2D eigenvalue weighted by molar-refractivity contribution is -0.123. The van der Waals surface area contributed by atoms with Gasteiger partial charge in [-0.25, -0.2) is 0 Å². The summed E-state index contributed by atoms with van der Waals surface area (Å²) in [6.07, 6.45) is 8.44. The van der Waals surface area contributed by atoms with Crippen molar-refractivity contribution in [1.82, 2.24) is 20.0 Å². The molecule has 1 aromatic heterocycles. The molecule has 1 aliphatic carbocycles. The number of amides is 1. The van der Waals surface area contributed by atoms with E-state index < -0.39 is 0 Å². The van der Waals surface area contributed by atoms with Crippen molar-refractivity contribution in [3.63, 3.8) is 0 Å². The normalized spacial score (nSPS) is 23.8. The zero-order valence-electron chi connectivity index (χ0n) is 12.2. The van der Waals surface area contributed by atoms with Gasteiger partial charge in [-0.1, -0.05) is 0 Å². The van der Waals surface area contributed by atoms with Crippen molar-refractivity contribution >= 4 is 5.91 Å². The summed E-state index contributed by atoms with van der Waals surface area (Å²) in [5.41, 5.74) is 1.21. The Kier molecular flexibility index (Phi) is 4.05. The van der Waals surface area contributed by atoms with Crippen molar-refractivity contribution in [3.05, 3.63) is 18.0 Å². The van der Waals surface area contributed by atoms with Crippen LogP contribution in [0.4, 0.5) is 0 Å². The standard InChI is InChI=1S/C15H24N4O/c1-12-9-16-19(10-12)8-7-18-6-2-3-14(11-18)17-15(20)13-4-5-13/h9-10,13-14H,2-8,11H2,1H3,(H,17,20). The van der Waals surface area contributed by atoms with Crippen LogP contribution in [0.1, 0.15) is 31.2 Å². The summed E-state index contributed by atoms with van der Waals surface area (Å²) >= 11 is 0. The van der Waals surface area contributed by atoms with Crippen molar-refractivity contribution < 1.29 is 4.79 Å². The number of likely N-dealkylation sites (tertiary alicyclic amines) is 1. The Morgan fingerprint density at radius 1 is 1.40 bits per heavy atom. The topological polar surface area (TPSA) is 50.2 Å². The molecule has 2 fully saturated rings. The molecule has 2 aliphatic rings. The molecule has 0 radical (unpaired) electrons. The van der Waals surface area contributed by atoms with E-state index in [2.05, 4.69) is 28.4 Å². The van der Waals surface area contributed by atoms with E-state index in [1.807, 2.05) is 10.9 Å². The maximum Gasteiger partial charge on any atom is 0.223 e. The lowest BCUT2D eigenvalue weighted by Gasteiger charge is -2.33. The van der Waals surface area contributed by atoms with Crippen LogP contribution >= 0.6 is 0 Å². The third kappa shape index (κ3) is 3.60. The average molecular weight is 276 g/mol. The number of aryl methyl sites for hydroxylation is 1. The van der Waals surface area contributed by atoms with Crippen LogP contribution < -0.4 is 5.32 Å². The molecule has 3 rings (SSSR count). The Labute approximate surface area is 120 Å². The minimum absolute atomic E-state index is 0.277. The molecule has 5 nitrogen and oxygen atoms in total. The van der Waals surface area contributed by atoms with Gasteiger partial charge in [0.1, 0.15) is 0 Å². The SMILES string of the molecule is Cc1cnn(CCN2CCCC(NC(=O)C3CC3)C2)c1. The Morgan fingerprint density at radius 3 is 2.95 bits per heavy atom. The van der Waals surface area contributed by atoms with Crippen LogP contribution in [0.5, 0.6) is 0 Å². The first-order valence-corrected chi connectivity index (χ1v) is 7.72. The van der Waals surface area contributed by atoms with E-state index in [4.69, 9.17) is 0 Å². The van der Waals surface area contributed by atoms with E-state index in [0.29, 0.717) is 12.0 Å². The number of hydrogen-bond donors (Lipinski definition) is 1. The van der Waals surface area contributed by atoms with Gasteiger partial charge in [-0.05, 0) is 44.7 Å². The zero-order valence-corrected chi connectivity index (χ0v) is 12.2. The average Bonchev–Trinajstić information content (AvgIpc) is 3.20. The summed E-state index contributed by atoms with van der Waals surface area (Å²) in [6.45, 7) is 6.12. The van der Waals surface area contributed by atoms with Crippen molar-refractivity contribution in [3.8, 4) is 0 Å². The van der Waals surface area contributed by atoms with Gasteiger partial charge < -0.3 is 5.32 Å². The third-order valence-electron chi connectivity index (χ3n) is 4.21. The second-order valence-corrected chi connectivity index (χ2v) is 6.20. The molecule has 1 unspecified atom stereocenters. The summed E-state index contributed by atoms with van der Waals surface area (Å²) in [7, 11) is 0. The molecular weight excluding hydrogens is 252 g/mol. The van der Waals surface area contributed by atoms with Crippen LogP contribution in [0, 0.1) is 12.8 Å². The van der Waals surface area contributed by atoms with Gasteiger partial charge in [-0.15, -0.1) is 0 Å². The fraction of sp³-hybridized carbons (Fsp3) is 0.733. The Morgan fingerprint density at radius 2 is 2.25 bits per heavy atom. The second kappa shape index (κ2) is 5.95. The molecule has 1 N–H and O–H groups in total. The van der Waals surface area contributed by atoms with Gasteiger partial charge >= 0.3 is 0 Å². The smallest absolute Gasteiger partial charge is 0.223 e. The predicted octanol–water partition coefficient (Wildman–Crippen LogP) is 1.18. The van der Waals surface area contributed by atoms with Gasteiger partial charge in [0.05, 0.1) is 12.7 Å². The molecule has 1 saturated carbocycles. The Balaban J connectivity index is 1.43. The highest BCUT2D eigenvalue weighted by Gasteiger charge is 2.31. The first-order valence-electron chi connectivity index (χ1n) is 7.72. The minimum Gasteiger partial charge on any atom is -0.352 e. The van der Waals surface area contributed by atoms with Gasteiger partial charge in [0.25, 0.3) is 0 Å². The monoisotopic (exact) mass is 276 g/mol. The van der Waals surface area contributed by atoms with E-state index in [9.17, 15) is 4.79 Å². The van der Waals surface area contributed by atoms with Crippen LogP contribution in [-0.2, 0) is 11.3 Å². The van der Waals surface area contributed by atoms with E-state index >= 15 is 0 Å². The van der Waals surface area contributed by atoms with Crippen molar-refractivity contribution in [2.24, 2.45) is 5.92 Å². The van der Waals surface area contributed by atoms with Crippen LogP contribution in [0.15, 0.2) is 12.4 Å². The highest BCUT2D eigenvalue weighted by molar-refractivity contribution is 5.81. The van der Waals surface area contributed by atoms with Crippen molar-refractivity contribution in [2.75, 3.05) is 19.6 Å². The molecule has 110 valence electrons. The molecule has 2 heterocycles. The lowest BCUT2D eigenvalue weighted by atomic mass is 10.1. The van der Waals surface area contributed by atoms with Gasteiger partial charge in [0, 0.05) is 31.2 Å². The highest BCUT2D eigenvalue weighted by Crippen LogP contribution is 2.29. The molecule has 1 amide bonds.